The monoisotopic (exact) mass is 218 g/mol. The molecular weight excluding hydrogens is 196 g/mol. The van der Waals surface area contributed by atoms with E-state index >= 15 is 0 Å². The number of rotatable bonds is 3. The van der Waals surface area contributed by atoms with Crippen molar-refractivity contribution in [1.29, 1.82) is 0 Å². The lowest BCUT2D eigenvalue weighted by Crippen LogP contribution is -2.54. The minimum absolute atomic E-state index is 0.617. The van der Waals surface area contributed by atoms with Gasteiger partial charge in [-0.2, -0.15) is 0 Å². The molecule has 0 radical (unpaired) electrons. The van der Waals surface area contributed by atoms with Crippen LogP contribution < -0.4 is 5.32 Å². The van der Waals surface area contributed by atoms with Crippen LogP contribution in [0.15, 0.2) is 30.3 Å². The molecule has 16 heavy (non-hydrogen) atoms. The van der Waals surface area contributed by atoms with Crippen molar-refractivity contribution in [3.63, 3.8) is 0 Å². The minimum atomic E-state index is 0.617. The fourth-order valence-electron chi connectivity index (χ4n) is 2.45. The van der Waals surface area contributed by atoms with Crippen molar-refractivity contribution >= 4 is 0 Å². The first-order valence-electron chi connectivity index (χ1n) is 6.31. The van der Waals surface area contributed by atoms with Gasteiger partial charge in [0.1, 0.15) is 0 Å². The summed E-state index contributed by atoms with van der Waals surface area (Å²) in [6.07, 6.45) is 1.23. The first kappa shape index (κ1) is 11.6. The molecule has 0 unspecified atom stereocenters. The molecule has 2 atom stereocenters. The maximum atomic E-state index is 3.56. The van der Waals surface area contributed by atoms with E-state index < -0.39 is 0 Å². The van der Waals surface area contributed by atoms with Crippen molar-refractivity contribution in [1.82, 2.24) is 10.2 Å². The fourth-order valence-corrected chi connectivity index (χ4v) is 2.45. The number of piperazine rings is 1. The number of hydrogen-bond acceptors (Lipinski definition) is 2. The summed E-state index contributed by atoms with van der Waals surface area (Å²) in [5.74, 6) is 0. The molecule has 1 aliphatic rings. The molecule has 0 saturated carbocycles. The van der Waals surface area contributed by atoms with E-state index in [1.807, 2.05) is 0 Å². The van der Waals surface area contributed by atoms with Crippen molar-refractivity contribution in [3.8, 4) is 0 Å². The predicted molar refractivity (Wildman–Crippen MR) is 68.4 cm³/mol. The third-order valence-corrected chi connectivity index (χ3v) is 3.43. The van der Waals surface area contributed by atoms with Crippen molar-refractivity contribution in [2.75, 3.05) is 13.1 Å². The molecule has 1 aromatic carbocycles. The summed E-state index contributed by atoms with van der Waals surface area (Å²) in [6, 6.07) is 12.1. The number of benzene rings is 1. The molecule has 0 bridgehead atoms. The molecule has 0 aliphatic carbocycles. The SMILES string of the molecule is CC[C@H]1CN[C@H](C)CN1Cc1ccccc1. The summed E-state index contributed by atoms with van der Waals surface area (Å²) in [4.78, 5) is 2.61. The summed E-state index contributed by atoms with van der Waals surface area (Å²) in [5, 5.41) is 3.56. The highest BCUT2D eigenvalue weighted by Crippen LogP contribution is 2.14. The Kier molecular flexibility index (Phi) is 3.97. The second kappa shape index (κ2) is 5.46. The predicted octanol–water partition coefficient (Wildman–Crippen LogP) is 2.26. The largest absolute Gasteiger partial charge is 0.311 e. The van der Waals surface area contributed by atoms with Crippen molar-refractivity contribution in [3.05, 3.63) is 35.9 Å². The molecular formula is C14H22N2. The van der Waals surface area contributed by atoms with Crippen molar-refractivity contribution in [2.24, 2.45) is 0 Å². The third-order valence-electron chi connectivity index (χ3n) is 3.43. The normalized spacial score (nSPS) is 26.9. The third kappa shape index (κ3) is 2.83. The second-order valence-electron chi connectivity index (χ2n) is 4.79. The highest BCUT2D eigenvalue weighted by molar-refractivity contribution is 5.14. The Labute approximate surface area is 98.7 Å². The van der Waals surface area contributed by atoms with E-state index in [0.29, 0.717) is 12.1 Å². The van der Waals surface area contributed by atoms with Gasteiger partial charge < -0.3 is 5.32 Å². The zero-order chi connectivity index (χ0) is 11.4. The van der Waals surface area contributed by atoms with Crippen molar-refractivity contribution < 1.29 is 0 Å². The average molecular weight is 218 g/mol. The van der Waals surface area contributed by atoms with Gasteiger partial charge in [0.05, 0.1) is 0 Å². The van der Waals surface area contributed by atoms with Crippen LogP contribution in [0.5, 0.6) is 0 Å². The lowest BCUT2D eigenvalue weighted by Gasteiger charge is -2.39. The van der Waals surface area contributed by atoms with Crippen LogP contribution >= 0.6 is 0 Å². The molecule has 1 aliphatic heterocycles. The zero-order valence-electron chi connectivity index (χ0n) is 10.3. The molecule has 0 spiro atoms. The fraction of sp³-hybridized carbons (Fsp3) is 0.571. The summed E-state index contributed by atoms with van der Waals surface area (Å²) < 4.78 is 0. The van der Waals surface area contributed by atoms with Gasteiger partial charge in [0.25, 0.3) is 0 Å². The minimum Gasteiger partial charge on any atom is -0.311 e. The highest BCUT2D eigenvalue weighted by atomic mass is 15.2. The van der Waals surface area contributed by atoms with Crippen LogP contribution in [0.3, 0.4) is 0 Å². The standard InChI is InChI=1S/C14H22N2/c1-3-14-9-15-12(2)10-16(14)11-13-7-5-4-6-8-13/h4-8,12,14-15H,3,9-11H2,1-2H3/t12-,14+/m1/s1. The topological polar surface area (TPSA) is 15.3 Å². The van der Waals surface area contributed by atoms with Crippen LogP contribution in [-0.4, -0.2) is 30.1 Å². The van der Waals surface area contributed by atoms with Gasteiger partial charge >= 0.3 is 0 Å². The van der Waals surface area contributed by atoms with E-state index in [9.17, 15) is 0 Å². The lowest BCUT2D eigenvalue weighted by molar-refractivity contribution is 0.124. The summed E-state index contributed by atoms with van der Waals surface area (Å²) in [6.45, 7) is 7.92. The highest BCUT2D eigenvalue weighted by Gasteiger charge is 2.23. The lowest BCUT2D eigenvalue weighted by atomic mass is 10.1. The molecule has 0 amide bonds. The first-order chi connectivity index (χ1) is 7.79. The Balaban J connectivity index is 2.01. The van der Waals surface area contributed by atoms with Crippen LogP contribution in [0.25, 0.3) is 0 Å². The van der Waals surface area contributed by atoms with E-state index in [0.717, 1.165) is 19.6 Å². The molecule has 0 aromatic heterocycles. The van der Waals surface area contributed by atoms with Gasteiger partial charge in [0.2, 0.25) is 0 Å². The van der Waals surface area contributed by atoms with Gasteiger partial charge in [-0.25, -0.2) is 0 Å². The number of nitrogens with one attached hydrogen (secondary N) is 1. The number of hydrogen-bond donors (Lipinski definition) is 1. The average Bonchev–Trinajstić information content (AvgIpc) is 2.31. The number of nitrogens with zero attached hydrogens (tertiary/aromatic N) is 1. The smallest absolute Gasteiger partial charge is 0.0237 e. The quantitative estimate of drug-likeness (QED) is 0.837. The molecule has 2 heteroatoms. The Bertz CT molecular complexity index is 310. The molecule has 2 nitrogen and oxygen atoms in total. The van der Waals surface area contributed by atoms with Gasteiger partial charge in [0, 0.05) is 31.7 Å². The molecule has 1 aromatic rings. The van der Waals surface area contributed by atoms with E-state index in [-0.39, 0.29) is 0 Å². The first-order valence-corrected chi connectivity index (χ1v) is 6.31. The zero-order valence-corrected chi connectivity index (χ0v) is 10.3. The Hall–Kier alpha value is -0.860. The molecule has 1 N–H and O–H groups in total. The van der Waals surface area contributed by atoms with E-state index in [1.165, 1.54) is 12.0 Å². The van der Waals surface area contributed by atoms with Crippen molar-refractivity contribution in [2.45, 2.75) is 38.9 Å². The molecule has 1 heterocycles. The van der Waals surface area contributed by atoms with Crippen LogP contribution in [0.2, 0.25) is 0 Å². The second-order valence-corrected chi connectivity index (χ2v) is 4.79. The molecule has 1 saturated heterocycles. The summed E-state index contributed by atoms with van der Waals surface area (Å²) in [5.41, 5.74) is 1.43. The maximum Gasteiger partial charge on any atom is 0.0237 e. The van der Waals surface area contributed by atoms with E-state index in [4.69, 9.17) is 0 Å². The van der Waals surface area contributed by atoms with E-state index in [1.54, 1.807) is 0 Å². The molecule has 1 fully saturated rings. The summed E-state index contributed by atoms with van der Waals surface area (Å²) in [7, 11) is 0. The Morgan fingerprint density at radius 3 is 2.75 bits per heavy atom. The van der Waals surface area contributed by atoms with Crippen LogP contribution in [-0.2, 0) is 6.54 Å². The van der Waals surface area contributed by atoms with Gasteiger partial charge in [-0.3, -0.25) is 4.90 Å². The van der Waals surface area contributed by atoms with Gasteiger partial charge in [-0.05, 0) is 18.9 Å². The van der Waals surface area contributed by atoms with Gasteiger partial charge in [0.15, 0.2) is 0 Å². The molecule has 2 rings (SSSR count). The molecule has 88 valence electrons. The Morgan fingerprint density at radius 2 is 2.06 bits per heavy atom. The van der Waals surface area contributed by atoms with Crippen LogP contribution in [0, 0.1) is 0 Å². The maximum absolute atomic E-state index is 3.56. The van der Waals surface area contributed by atoms with Gasteiger partial charge in [-0.1, -0.05) is 37.3 Å². The summed E-state index contributed by atoms with van der Waals surface area (Å²) >= 11 is 0. The van der Waals surface area contributed by atoms with Crippen LogP contribution in [0.4, 0.5) is 0 Å². The van der Waals surface area contributed by atoms with Crippen LogP contribution in [0.1, 0.15) is 25.8 Å². The van der Waals surface area contributed by atoms with E-state index in [2.05, 4.69) is 54.4 Å². The Morgan fingerprint density at radius 1 is 1.31 bits per heavy atom. The van der Waals surface area contributed by atoms with Gasteiger partial charge in [-0.15, -0.1) is 0 Å².